The van der Waals surface area contributed by atoms with Gasteiger partial charge in [0.1, 0.15) is 11.3 Å². The van der Waals surface area contributed by atoms with Crippen molar-refractivity contribution < 1.29 is 31.1 Å². The topological polar surface area (TPSA) is 65.3 Å². The Labute approximate surface area is 205 Å². The summed E-state index contributed by atoms with van der Waals surface area (Å²) in [5.41, 5.74) is 5.44. The molecular weight excluding hydrogens is 498 g/mol. The second-order valence-electron chi connectivity index (χ2n) is 8.73. The standard InChI is InChI=1S/C26H18F6N4O/c1-11-7-19(25(37)13-8-16(27)21(29)17(28)9-13)36-6-4-5-14(24(11)36)20-15(26(30,31)32)10-18-23(22(20)33)34-12(2)35(18)3/h4-10H,33H2,1-3H3. The lowest BCUT2D eigenvalue weighted by Gasteiger charge is -2.18. The van der Waals surface area contributed by atoms with Crippen LogP contribution in [0, 0.1) is 31.3 Å². The molecule has 0 amide bonds. The number of carbonyl (C=O) groups is 1. The number of imidazole rings is 1. The Kier molecular flexibility index (Phi) is 5.36. The lowest BCUT2D eigenvalue weighted by molar-refractivity contribution is -0.137. The molecule has 37 heavy (non-hydrogen) atoms. The number of rotatable bonds is 3. The summed E-state index contributed by atoms with van der Waals surface area (Å²) in [6.45, 7) is 3.22. The normalized spacial score (nSPS) is 12.1. The molecule has 0 saturated heterocycles. The van der Waals surface area contributed by atoms with Gasteiger partial charge in [-0.2, -0.15) is 13.2 Å². The van der Waals surface area contributed by atoms with Gasteiger partial charge in [0.05, 0.1) is 28.0 Å². The van der Waals surface area contributed by atoms with E-state index in [-0.39, 0.29) is 39.1 Å². The fourth-order valence-electron chi connectivity index (χ4n) is 4.64. The van der Waals surface area contributed by atoms with Crippen molar-refractivity contribution in [2.45, 2.75) is 20.0 Å². The molecule has 0 aliphatic carbocycles. The number of alkyl halides is 3. The van der Waals surface area contributed by atoms with Crippen LogP contribution < -0.4 is 5.73 Å². The summed E-state index contributed by atoms with van der Waals surface area (Å²) in [4.78, 5) is 17.5. The molecule has 0 aliphatic heterocycles. The number of nitrogens with zero attached hydrogens (tertiary/aromatic N) is 3. The van der Waals surface area contributed by atoms with Crippen LogP contribution in [0.5, 0.6) is 0 Å². The zero-order chi connectivity index (χ0) is 27.0. The van der Waals surface area contributed by atoms with Gasteiger partial charge < -0.3 is 14.7 Å². The maximum Gasteiger partial charge on any atom is 0.417 e. The molecule has 11 heteroatoms. The molecule has 3 aromatic heterocycles. The van der Waals surface area contributed by atoms with E-state index >= 15 is 0 Å². The molecule has 0 unspecified atom stereocenters. The molecule has 0 atom stereocenters. The number of pyridine rings is 1. The molecule has 2 N–H and O–H groups in total. The van der Waals surface area contributed by atoms with Crippen LogP contribution in [0.3, 0.4) is 0 Å². The number of hydrogen-bond acceptors (Lipinski definition) is 3. The lowest BCUT2D eigenvalue weighted by atomic mass is 9.95. The molecule has 0 radical (unpaired) electrons. The summed E-state index contributed by atoms with van der Waals surface area (Å²) in [5.74, 6) is -5.18. The average Bonchev–Trinajstić information content (AvgIpc) is 3.32. The van der Waals surface area contributed by atoms with Crippen LogP contribution in [-0.4, -0.2) is 19.7 Å². The molecule has 190 valence electrons. The van der Waals surface area contributed by atoms with Gasteiger partial charge in [-0.05, 0) is 49.7 Å². The van der Waals surface area contributed by atoms with Crippen LogP contribution in [-0.2, 0) is 13.2 Å². The third kappa shape index (κ3) is 3.64. The van der Waals surface area contributed by atoms with E-state index in [1.165, 1.54) is 33.4 Å². The second kappa shape index (κ2) is 8.12. The number of fused-ring (bicyclic) bond motifs is 2. The van der Waals surface area contributed by atoms with E-state index < -0.39 is 40.5 Å². The number of hydrogen-bond donors (Lipinski definition) is 1. The first kappa shape index (κ1) is 24.4. The van der Waals surface area contributed by atoms with Gasteiger partial charge in [0, 0.05) is 29.9 Å². The highest BCUT2D eigenvalue weighted by atomic mass is 19.4. The number of ketones is 1. The van der Waals surface area contributed by atoms with E-state index in [1.54, 1.807) is 20.9 Å². The molecule has 3 heterocycles. The van der Waals surface area contributed by atoms with E-state index in [0.717, 1.165) is 6.07 Å². The maximum atomic E-state index is 14.3. The minimum absolute atomic E-state index is 0.0818. The van der Waals surface area contributed by atoms with Gasteiger partial charge in [-0.3, -0.25) is 4.79 Å². The van der Waals surface area contributed by atoms with E-state index in [2.05, 4.69) is 4.98 Å². The molecule has 2 aromatic carbocycles. The smallest absolute Gasteiger partial charge is 0.396 e. The second-order valence-corrected chi connectivity index (χ2v) is 8.73. The number of benzene rings is 2. The zero-order valence-corrected chi connectivity index (χ0v) is 19.6. The Morgan fingerprint density at radius 3 is 2.30 bits per heavy atom. The summed E-state index contributed by atoms with van der Waals surface area (Å²) >= 11 is 0. The van der Waals surface area contributed by atoms with E-state index in [1.807, 2.05) is 0 Å². The number of carbonyl (C=O) groups excluding carboxylic acids is 1. The number of nitrogen functional groups attached to an aromatic ring is 1. The molecular formula is C26H18F6N4O. The average molecular weight is 516 g/mol. The Morgan fingerprint density at radius 2 is 1.68 bits per heavy atom. The van der Waals surface area contributed by atoms with Crippen LogP contribution in [0.15, 0.2) is 42.6 Å². The van der Waals surface area contributed by atoms with Crippen LogP contribution in [0.2, 0.25) is 0 Å². The number of halogens is 6. The molecule has 0 fully saturated rings. The third-order valence-corrected chi connectivity index (χ3v) is 6.47. The van der Waals surface area contributed by atoms with Gasteiger partial charge in [0.2, 0.25) is 5.78 Å². The monoisotopic (exact) mass is 516 g/mol. The van der Waals surface area contributed by atoms with Gasteiger partial charge in [0.15, 0.2) is 17.5 Å². The maximum absolute atomic E-state index is 14.3. The summed E-state index contributed by atoms with van der Waals surface area (Å²) < 4.78 is 86.7. The fraction of sp³-hybridized carbons (Fsp3) is 0.154. The van der Waals surface area contributed by atoms with Gasteiger partial charge in [-0.25, -0.2) is 18.2 Å². The summed E-state index contributed by atoms with van der Waals surface area (Å²) in [6.07, 6.45) is -3.34. The fourth-order valence-corrected chi connectivity index (χ4v) is 4.64. The van der Waals surface area contributed by atoms with Crippen LogP contribution in [0.4, 0.5) is 32.0 Å². The third-order valence-electron chi connectivity index (χ3n) is 6.47. The van der Waals surface area contributed by atoms with Crippen molar-refractivity contribution in [1.82, 2.24) is 14.0 Å². The Bertz CT molecular complexity index is 1740. The van der Waals surface area contributed by atoms with Crippen LogP contribution >= 0.6 is 0 Å². The molecule has 0 spiro atoms. The minimum atomic E-state index is -4.77. The Morgan fingerprint density at radius 1 is 1.03 bits per heavy atom. The molecule has 0 bridgehead atoms. The van der Waals surface area contributed by atoms with Crippen molar-refractivity contribution in [3.63, 3.8) is 0 Å². The summed E-state index contributed by atoms with van der Waals surface area (Å²) in [7, 11) is 1.58. The van der Waals surface area contributed by atoms with Gasteiger partial charge in [-0.15, -0.1) is 0 Å². The Hall–Kier alpha value is -4.28. The molecule has 5 rings (SSSR count). The predicted octanol–water partition coefficient (Wildman–Crippen LogP) is 6.36. The quantitative estimate of drug-likeness (QED) is 0.131. The number of anilines is 1. The van der Waals surface area contributed by atoms with E-state index in [0.29, 0.717) is 23.5 Å². The van der Waals surface area contributed by atoms with Gasteiger partial charge in [0.25, 0.3) is 0 Å². The summed E-state index contributed by atoms with van der Waals surface area (Å²) in [6, 6.07) is 6.37. The Balaban J connectivity index is 1.81. The van der Waals surface area contributed by atoms with Crippen molar-refractivity contribution in [2.24, 2.45) is 7.05 Å². The molecule has 0 aliphatic rings. The summed E-state index contributed by atoms with van der Waals surface area (Å²) in [5, 5.41) is 0. The zero-order valence-electron chi connectivity index (χ0n) is 19.6. The van der Waals surface area contributed by atoms with Gasteiger partial charge >= 0.3 is 6.18 Å². The van der Waals surface area contributed by atoms with Crippen molar-refractivity contribution in [3.05, 3.63) is 88.3 Å². The molecule has 5 aromatic rings. The largest absolute Gasteiger partial charge is 0.417 e. The highest BCUT2D eigenvalue weighted by Gasteiger charge is 2.37. The first-order valence-electron chi connectivity index (χ1n) is 10.9. The first-order chi connectivity index (χ1) is 17.3. The SMILES string of the molecule is Cc1cc(C(=O)c2cc(F)c(F)c(F)c2)n2cccc(-c3c(C(F)(F)F)cc4c(nc(C)n4C)c3N)c12. The first-order valence-corrected chi connectivity index (χ1v) is 10.9. The van der Waals surface area contributed by atoms with Gasteiger partial charge in [-0.1, -0.05) is 6.07 Å². The molecule has 0 saturated carbocycles. The highest BCUT2D eigenvalue weighted by molar-refractivity contribution is 6.10. The number of aryl methyl sites for hydroxylation is 3. The number of aromatic nitrogens is 3. The van der Waals surface area contributed by atoms with Crippen LogP contribution in [0.1, 0.15) is 33.0 Å². The number of nitrogens with two attached hydrogens (primary N) is 1. The predicted molar refractivity (Wildman–Crippen MR) is 126 cm³/mol. The highest BCUT2D eigenvalue weighted by Crippen LogP contribution is 2.45. The lowest BCUT2D eigenvalue weighted by Crippen LogP contribution is -2.11. The van der Waals surface area contributed by atoms with E-state index in [9.17, 15) is 31.1 Å². The van der Waals surface area contributed by atoms with Crippen LogP contribution in [0.25, 0.3) is 27.7 Å². The van der Waals surface area contributed by atoms with Crippen molar-refractivity contribution in [1.29, 1.82) is 0 Å². The minimum Gasteiger partial charge on any atom is -0.396 e. The van der Waals surface area contributed by atoms with Crippen molar-refractivity contribution in [2.75, 3.05) is 5.73 Å². The van der Waals surface area contributed by atoms with E-state index in [4.69, 9.17) is 5.73 Å². The van der Waals surface area contributed by atoms with Crippen molar-refractivity contribution in [3.8, 4) is 11.1 Å². The molecule has 5 nitrogen and oxygen atoms in total. The van der Waals surface area contributed by atoms with Crippen molar-refractivity contribution >= 4 is 28.0 Å².